The Morgan fingerprint density at radius 2 is 1.86 bits per heavy atom. The van der Waals surface area contributed by atoms with Crippen molar-refractivity contribution in [2.24, 2.45) is 17.8 Å². The molecule has 4 atom stereocenters. The van der Waals surface area contributed by atoms with Gasteiger partial charge in [-0.15, -0.1) is 0 Å². The first-order valence-electron chi connectivity index (χ1n) is 11.6. The van der Waals surface area contributed by atoms with E-state index in [0.29, 0.717) is 0 Å². The quantitative estimate of drug-likeness (QED) is 0.480. The molecule has 28 heavy (non-hydrogen) atoms. The lowest BCUT2D eigenvalue weighted by Crippen LogP contribution is -2.51. The molecule has 0 N–H and O–H groups in total. The van der Waals surface area contributed by atoms with Crippen molar-refractivity contribution in [2.75, 3.05) is 0 Å². The van der Waals surface area contributed by atoms with Crippen molar-refractivity contribution < 1.29 is 0 Å². The van der Waals surface area contributed by atoms with Crippen molar-refractivity contribution in [2.45, 2.75) is 90.6 Å². The van der Waals surface area contributed by atoms with Crippen LogP contribution in [0.4, 0.5) is 0 Å². The third-order valence-electron chi connectivity index (χ3n) is 8.26. The fourth-order valence-corrected chi connectivity index (χ4v) is 9.16. The highest BCUT2D eigenvalue weighted by atomic mass is 28.2. The zero-order chi connectivity index (χ0) is 19.8. The molecule has 5 aliphatic rings. The normalized spacial score (nSPS) is 31.4. The summed E-state index contributed by atoms with van der Waals surface area (Å²) in [6.45, 7) is 14.6. The molecule has 4 fully saturated rings. The maximum absolute atomic E-state index is 2.65. The molecule has 1 radical (unpaired) electrons. The molecule has 4 unspecified atom stereocenters. The van der Waals surface area contributed by atoms with E-state index in [2.05, 4.69) is 59.0 Å². The first-order chi connectivity index (χ1) is 13.3. The highest BCUT2D eigenvalue weighted by molar-refractivity contribution is 6.69. The van der Waals surface area contributed by atoms with Crippen LogP contribution in [0.15, 0.2) is 17.7 Å². The molecule has 4 bridgehead atoms. The van der Waals surface area contributed by atoms with Gasteiger partial charge >= 0.3 is 0 Å². The van der Waals surface area contributed by atoms with E-state index in [9.17, 15) is 0 Å². The monoisotopic (exact) mass is 389 g/mol. The smallest absolute Gasteiger partial charge is 0.00299 e. The summed E-state index contributed by atoms with van der Waals surface area (Å²) >= 11 is 0. The van der Waals surface area contributed by atoms with Crippen LogP contribution in [-0.4, -0.2) is 13.6 Å². The van der Waals surface area contributed by atoms with Crippen molar-refractivity contribution >= 4 is 19.7 Å². The SMILES string of the molecule is CCC1=Cc2cc(C(C)(C)C)cc(C3[C]4CC5CC(C4)C(=[Si](C)C)C3C5)c2C1. The highest BCUT2D eigenvalue weighted by Crippen LogP contribution is 2.60. The minimum atomic E-state index is -0.312. The fraction of sp³-hybridized carbons (Fsp3) is 0.630. The molecule has 0 aliphatic heterocycles. The largest absolute Gasteiger partial charge is 0.0831 e. The molecular weight excluding hydrogens is 352 g/mol. The van der Waals surface area contributed by atoms with Gasteiger partial charge in [-0.2, -0.15) is 0 Å². The third kappa shape index (κ3) is 2.87. The molecular formula is C27H37Si. The Morgan fingerprint density at radius 3 is 2.54 bits per heavy atom. The van der Waals surface area contributed by atoms with Crippen LogP contribution in [0.25, 0.3) is 6.08 Å². The van der Waals surface area contributed by atoms with Gasteiger partial charge in [0.25, 0.3) is 0 Å². The van der Waals surface area contributed by atoms with Gasteiger partial charge in [-0.3, -0.25) is 0 Å². The summed E-state index contributed by atoms with van der Waals surface area (Å²) in [6.07, 6.45) is 10.8. The van der Waals surface area contributed by atoms with E-state index in [1.54, 1.807) is 27.8 Å². The van der Waals surface area contributed by atoms with E-state index >= 15 is 0 Å². The van der Waals surface area contributed by atoms with Gasteiger partial charge in [0.15, 0.2) is 0 Å². The van der Waals surface area contributed by atoms with E-state index in [1.165, 1.54) is 38.5 Å². The molecule has 1 aromatic rings. The van der Waals surface area contributed by atoms with Crippen LogP contribution in [0.5, 0.6) is 0 Å². The minimum absolute atomic E-state index is 0.222. The minimum Gasteiger partial charge on any atom is -0.0831 e. The fourth-order valence-electron chi connectivity index (χ4n) is 7.10. The predicted molar refractivity (Wildman–Crippen MR) is 125 cm³/mol. The number of rotatable bonds is 2. The summed E-state index contributed by atoms with van der Waals surface area (Å²) in [5.74, 6) is 5.50. The van der Waals surface area contributed by atoms with Crippen LogP contribution < -0.4 is 0 Å². The van der Waals surface area contributed by atoms with Gasteiger partial charge in [0.1, 0.15) is 0 Å². The van der Waals surface area contributed by atoms with Crippen molar-refractivity contribution in [1.29, 1.82) is 0 Å². The summed E-state index contributed by atoms with van der Waals surface area (Å²) in [4.78, 5) is 0. The Bertz CT molecular complexity index is 874. The molecule has 149 valence electrons. The Labute approximate surface area is 174 Å². The van der Waals surface area contributed by atoms with Gasteiger partial charge in [-0.25, -0.2) is 0 Å². The van der Waals surface area contributed by atoms with Crippen LogP contribution in [0, 0.1) is 23.7 Å². The average molecular weight is 390 g/mol. The summed E-state index contributed by atoms with van der Waals surface area (Å²) in [6, 6.07) is 5.17. The maximum atomic E-state index is 2.65. The van der Waals surface area contributed by atoms with E-state index in [-0.39, 0.29) is 13.8 Å². The number of hydrogen-bond donors (Lipinski definition) is 0. The number of fused-ring (bicyclic) bond motifs is 1. The second kappa shape index (κ2) is 6.52. The van der Waals surface area contributed by atoms with Crippen molar-refractivity contribution in [3.63, 3.8) is 0 Å². The number of benzene rings is 1. The van der Waals surface area contributed by atoms with Crippen molar-refractivity contribution in [3.8, 4) is 0 Å². The summed E-state index contributed by atoms with van der Waals surface area (Å²) in [5.41, 5.74) is 8.38. The van der Waals surface area contributed by atoms with Crippen LogP contribution in [0.2, 0.25) is 13.1 Å². The standard InChI is InChI=1S/C27H37Si/c1-7-16-8-18-14-21(27(2,3)4)15-23(22(18)11-16)25-19-9-17-10-20(13-19)26(28(5)6)24(25)12-17/h8,14-15,17,20,24-25H,7,9-13H2,1-6H3. The third-order valence-corrected chi connectivity index (χ3v) is 10.2. The van der Waals surface area contributed by atoms with E-state index in [4.69, 9.17) is 0 Å². The molecule has 6 rings (SSSR count). The molecule has 1 heteroatoms. The van der Waals surface area contributed by atoms with Gasteiger partial charge in [0.05, 0.1) is 0 Å². The topological polar surface area (TPSA) is 0 Å². The van der Waals surface area contributed by atoms with Gasteiger partial charge in [0.2, 0.25) is 0 Å². The molecule has 1 aromatic carbocycles. The van der Waals surface area contributed by atoms with Crippen LogP contribution in [0.3, 0.4) is 0 Å². The lowest BCUT2D eigenvalue weighted by Gasteiger charge is -2.57. The summed E-state index contributed by atoms with van der Waals surface area (Å²) < 4.78 is 0. The van der Waals surface area contributed by atoms with Crippen molar-refractivity contribution in [3.05, 3.63) is 45.9 Å². The maximum Gasteiger partial charge on any atom is 0.00299 e. The zero-order valence-corrected chi connectivity index (χ0v) is 19.8. The average Bonchev–Trinajstić information content (AvgIpc) is 3.03. The predicted octanol–water partition coefficient (Wildman–Crippen LogP) is 6.95. The Balaban J connectivity index is 1.66. The highest BCUT2D eigenvalue weighted by Gasteiger charge is 2.52. The summed E-state index contributed by atoms with van der Waals surface area (Å²) in [5, 5.41) is 2.03. The Hall–Kier alpha value is -0.953. The van der Waals surface area contributed by atoms with Gasteiger partial charge in [-0.1, -0.05) is 69.7 Å². The Kier molecular flexibility index (Phi) is 4.44. The van der Waals surface area contributed by atoms with E-state index in [0.717, 1.165) is 23.7 Å². The lowest BCUT2D eigenvalue weighted by molar-refractivity contribution is 0.180. The number of hydrogen-bond acceptors (Lipinski definition) is 0. The Morgan fingerprint density at radius 1 is 1.07 bits per heavy atom. The van der Waals surface area contributed by atoms with E-state index < -0.39 is 0 Å². The van der Waals surface area contributed by atoms with Crippen LogP contribution >= 0.6 is 0 Å². The second-order valence-electron chi connectivity index (χ2n) is 11.4. The van der Waals surface area contributed by atoms with Gasteiger partial charge < -0.3 is 0 Å². The first-order valence-corrected chi connectivity index (χ1v) is 14.1. The second-order valence-corrected chi connectivity index (χ2v) is 13.9. The molecule has 0 amide bonds. The summed E-state index contributed by atoms with van der Waals surface area (Å²) in [7, 11) is -0.312. The lowest BCUT2D eigenvalue weighted by atomic mass is 9.50. The zero-order valence-electron chi connectivity index (χ0n) is 18.8. The van der Waals surface area contributed by atoms with Crippen LogP contribution in [-0.2, 0) is 11.8 Å². The molecule has 0 spiro atoms. The van der Waals surface area contributed by atoms with Crippen LogP contribution in [0.1, 0.15) is 88.0 Å². The van der Waals surface area contributed by atoms with E-state index in [1.807, 2.05) is 11.1 Å². The molecule has 0 heterocycles. The first kappa shape index (κ1) is 19.0. The molecule has 0 saturated heterocycles. The molecule has 4 saturated carbocycles. The molecule has 0 aromatic heterocycles. The van der Waals surface area contributed by atoms with Gasteiger partial charge in [-0.05, 0) is 95.8 Å². The molecule has 5 aliphatic carbocycles. The number of allylic oxidation sites excluding steroid dienone is 1. The van der Waals surface area contributed by atoms with Gasteiger partial charge in [0, 0.05) is 8.41 Å². The molecule has 0 nitrogen and oxygen atoms in total. The van der Waals surface area contributed by atoms with Crippen molar-refractivity contribution in [1.82, 2.24) is 0 Å².